The van der Waals surface area contributed by atoms with Crippen LogP contribution in [-0.2, 0) is 25.5 Å². The molecule has 1 saturated heterocycles. The molecule has 1 aliphatic carbocycles. The van der Waals surface area contributed by atoms with Gasteiger partial charge in [-0.15, -0.1) is 0 Å². The minimum Gasteiger partial charge on any atom is -0.390 e. The molecule has 2 N–H and O–H groups in total. The van der Waals surface area contributed by atoms with E-state index >= 15 is 0 Å². The second-order valence-electron chi connectivity index (χ2n) is 14.0. The number of benzene rings is 1. The summed E-state index contributed by atoms with van der Waals surface area (Å²) in [5.74, 6) is -0.362. The Hall–Kier alpha value is -1.28. The predicted molar refractivity (Wildman–Crippen MR) is 181 cm³/mol. The van der Waals surface area contributed by atoms with Crippen molar-refractivity contribution in [1.82, 2.24) is 5.32 Å². The normalized spacial score (nSPS) is 24.8. The van der Waals surface area contributed by atoms with Crippen molar-refractivity contribution in [1.29, 1.82) is 0 Å². The average Bonchev–Trinajstić information content (AvgIpc) is 3.34. The van der Waals surface area contributed by atoms with Crippen LogP contribution < -0.4 is 5.32 Å². The summed E-state index contributed by atoms with van der Waals surface area (Å²) in [4.78, 5) is 0. The second kappa shape index (κ2) is 20.1. The third-order valence-corrected chi connectivity index (χ3v) is 9.05. The van der Waals surface area contributed by atoms with Gasteiger partial charge in [-0.05, 0) is 39.7 Å². The topological polar surface area (TPSA) is 69.2 Å². The lowest BCUT2D eigenvalue weighted by Crippen LogP contribution is -2.52. The Labute approximate surface area is 269 Å². The standard InChI is InChI=1S/C38H65NO5/c1-7-8-9-10-11-12-13-14-15-16-17-21-24-33(40)36(42-29(2)3)32(39-27-31-22-19-18-20-23-31)28-41-34-26-25-30(4)35-37(34)44-38(5,6)43-35/h18-20,22-23,25-26,29-30,32-37,39-40H,7-17,21,24,27-28H2,1-6H3/t30-,32+,33-,34?,35-,36+,37-/m0/s1. The van der Waals surface area contributed by atoms with Crippen molar-refractivity contribution in [2.45, 2.75) is 180 Å². The quantitative estimate of drug-likeness (QED) is 0.0950. The van der Waals surface area contributed by atoms with Crippen LogP contribution in [0, 0.1) is 5.92 Å². The van der Waals surface area contributed by atoms with Crippen molar-refractivity contribution in [2.75, 3.05) is 6.61 Å². The summed E-state index contributed by atoms with van der Waals surface area (Å²) in [6.45, 7) is 13.5. The molecule has 0 bridgehead atoms. The summed E-state index contributed by atoms with van der Waals surface area (Å²) in [6.07, 6.45) is 19.3. The molecule has 1 aromatic carbocycles. The number of hydrogen-bond donors (Lipinski definition) is 2. The Morgan fingerprint density at radius 1 is 0.841 bits per heavy atom. The van der Waals surface area contributed by atoms with E-state index in [0.29, 0.717) is 13.2 Å². The van der Waals surface area contributed by atoms with Gasteiger partial charge in [-0.3, -0.25) is 0 Å². The van der Waals surface area contributed by atoms with Gasteiger partial charge in [-0.2, -0.15) is 0 Å². The third kappa shape index (κ3) is 13.2. The van der Waals surface area contributed by atoms with Crippen LogP contribution in [0.4, 0.5) is 0 Å². The summed E-state index contributed by atoms with van der Waals surface area (Å²) >= 11 is 0. The molecular weight excluding hydrogens is 550 g/mol. The molecule has 6 heteroatoms. The lowest BCUT2D eigenvalue weighted by molar-refractivity contribution is -0.158. The minimum absolute atomic E-state index is 0.00943. The van der Waals surface area contributed by atoms with Crippen LogP contribution in [0.25, 0.3) is 0 Å². The Morgan fingerprint density at radius 3 is 2.05 bits per heavy atom. The van der Waals surface area contributed by atoms with Crippen molar-refractivity contribution in [2.24, 2.45) is 5.92 Å². The van der Waals surface area contributed by atoms with E-state index < -0.39 is 11.9 Å². The largest absolute Gasteiger partial charge is 0.390 e. The molecule has 252 valence electrons. The molecule has 0 saturated carbocycles. The Balaban J connectivity index is 1.53. The summed E-state index contributed by atoms with van der Waals surface area (Å²) in [7, 11) is 0. The molecule has 0 aromatic heterocycles. The molecule has 1 fully saturated rings. The maximum absolute atomic E-state index is 11.5. The highest BCUT2D eigenvalue weighted by atomic mass is 16.8. The number of aliphatic hydroxyl groups is 1. The van der Waals surface area contributed by atoms with Gasteiger partial charge in [0.15, 0.2) is 5.79 Å². The predicted octanol–water partition coefficient (Wildman–Crippen LogP) is 8.50. The first-order chi connectivity index (χ1) is 21.2. The van der Waals surface area contributed by atoms with Crippen LogP contribution in [0.5, 0.6) is 0 Å². The van der Waals surface area contributed by atoms with Gasteiger partial charge in [0.2, 0.25) is 0 Å². The second-order valence-corrected chi connectivity index (χ2v) is 14.0. The van der Waals surface area contributed by atoms with E-state index in [1.165, 1.54) is 69.8 Å². The monoisotopic (exact) mass is 615 g/mol. The third-order valence-electron chi connectivity index (χ3n) is 9.05. The molecular formula is C38H65NO5. The summed E-state index contributed by atoms with van der Waals surface area (Å²) in [6, 6.07) is 10.2. The van der Waals surface area contributed by atoms with Crippen molar-refractivity contribution >= 4 is 0 Å². The Morgan fingerprint density at radius 2 is 1.43 bits per heavy atom. The number of hydrogen-bond acceptors (Lipinski definition) is 6. The zero-order chi connectivity index (χ0) is 31.8. The van der Waals surface area contributed by atoms with Crippen LogP contribution in [0.2, 0.25) is 0 Å². The maximum atomic E-state index is 11.5. The van der Waals surface area contributed by atoms with Gasteiger partial charge in [-0.25, -0.2) is 0 Å². The SMILES string of the molecule is CCCCCCCCCCCCCC[C@H](O)[C@H](OC(C)C)[C@@H](COC1C=C[C@H](C)[C@@H]2OC(C)(C)O[C@@H]12)NCc1ccccc1. The molecule has 6 nitrogen and oxygen atoms in total. The van der Waals surface area contributed by atoms with E-state index in [1.807, 2.05) is 33.8 Å². The van der Waals surface area contributed by atoms with Crippen LogP contribution in [-0.4, -0.2) is 60.2 Å². The van der Waals surface area contributed by atoms with Crippen molar-refractivity contribution in [3.63, 3.8) is 0 Å². The van der Waals surface area contributed by atoms with Crippen LogP contribution in [0.1, 0.15) is 131 Å². The number of fused-ring (bicyclic) bond motifs is 1. The van der Waals surface area contributed by atoms with Crippen molar-refractivity contribution < 1.29 is 24.1 Å². The Bertz CT molecular complexity index is 906. The molecule has 44 heavy (non-hydrogen) atoms. The van der Waals surface area contributed by atoms with E-state index in [0.717, 1.165) is 19.3 Å². The zero-order valence-electron chi connectivity index (χ0n) is 28.8. The fourth-order valence-electron chi connectivity index (χ4n) is 6.59. The lowest BCUT2D eigenvalue weighted by atomic mass is 9.90. The molecule has 1 heterocycles. The number of unbranched alkanes of at least 4 members (excludes halogenated alkanes) is 11. The van der Waals surface area contributed by atoms with E-state index in [1.54, 1.807) is 0 Å². The fraction of sp³-hybridized carbons (Fsp3) is 0.789. The molecule has 1 aliphatic heterocycles. The number of nitrogens with one attached hydrogen (secondary N) is 1. The first kappa shape index (κ1) is 37.2. The van der Waals surface area contributed by atoms with Crippen LogP contribution >= 0.6 is 0 Å². The van der Waals surface area contributed by atoms with Gasteiger partial charge < -0.3 is 29.4 Å². The minimum atomic E-state index is -0.629. The highest BCUT2D eigenvalue weighted by Crippen LogP contribution is 2.38. The molecule has 3 rings (SSSR count). The number of rotatable bonds is 23. The molecule has 0 spiro atoms. The zero-order valence-corrected chi connectivity index (χ0v) is 28.8. The van der Waals surface area contributed by atoms with E-state index in [-0.39, 0.29) is 42.5 Å². The van der Waals surface area contributed by atoms with Gasteiger partial charge in [0.1, 0.15) is 18.3 Å². The highest BCUT2D eigenvalue weighted by Gasteiger charge is 2.48. The van der Waals surface area contributed by atoms with Crippen molar-refractivity contribution in [3.05, 3.63) is 48.0 Å². The van der Waals surface area contributed by atoms with Gasteiger partial charge in [0.05, 0.1) is 31.0 Å². The van der Waals surface area contributed by atoms with Gasteiger partial charge in [0, 0.05) is 12.5 Å². The Kier molecular flexibility index (Phi) is 17.0. The molecule has 0 amide bonds. The average molecular weight is 616 g/mol. The molecule has 1 aromatic rings. The molecule has 7 atom stereocenters. The lowest BCUT2D eigenvalue weighted by Gasteiger charge is -2.36. The van der Waals surface area contributed by atoms with Crippen molar-refractivity contribution in [3.8, 4) is 0 Å². The van der Waals surface area contributed by atoms with Crippen LogP contribution in [0.15, 0.2) is 42.5 Å². The van der Waals surface area contributed by atoms with E-state index in [2.05, 4.69) is 55.6 Å². The van der Waals surface area contributed by atoms with Crippen LogP contribution in [0.3, 0.4) is 0 Å². The first-order valence-electron chi connectivity index (χ1n) is 18.0. The van der Waals surface area contributed by atoms with Gasteiger partial charge >= 0.3 is 0 Å². The number of ether oxygens (including phenoxy) is 4. The molecule has 1 unspecified atom stereocenters. The molecule has 2 aliphatic rings. The molecule has 0 radical (unpaired) electrons. The summed E-state index contributed by atoms with van der Waals surface area (Å²) in [5.41, 5.74) is 1.19. The van der Waals surface area contributed by atoms with Gasteiger partial charge in [-0.1, -0.05) is 133 Å². The van der Waals surface area contributed by atoms with E-state index in [9.17, 15) is 5.11 Å². The van der Waals surface area contributed by atoms with Gasteiger partial charge in [0.25, 0.3) is 0 Å². The summed E-state index contributed by atoms with van der Waals surface area (Å²) < 4.78 is 25.5. The highest BCUT2D eigenvalue weighted by molar-refractivity contribution is 5.14. The smallest absolute Gasteiger partial charge is 0.163 e. The first-order valence-corrected chi connectivity index (χ1v) is 18.0. The summed E-state index contributed by atoms with van der Waals surface area (Å²) in [5, 5.41) is 15.2. The number of aliphatic hydroxyl groups excluding tert-OH is 1. The fourth-order valence-corrected chi connectivity index (χ4v) is 6.59. The van der Waals surface area contributed by atoms with E-state index in [4.69, 9.17) is 18.9 Å². The maximum Gasteiger partial charge on any atom is 0.163 e.